The molecule has 1 atom stereocenters. The molecule has 0 aliphatic carbocycles. The Morgan fingerprint density at radius 2 is 2.12 bits per heavy atom. The molecule has 1 unspecified atom stereocenters. The molecule has 0 saturated carbocycles. The van der Waals surface area contributed by atoms with Crippen LogP contribution in [0.4, 0.5) is 11.5 Å². The Bertz CT molecular complexity index is 1220. The predicted octanol–water partition coefficient (Wildman–Crippen LogP) is 2.60. The van der Waals surface area contributed by atoms with Crippen LogP contribution in [0.5, 0.6) is 0 Å². The predicted molar refractivity (Wildman–Crippen MR) is 132 cm³/mol. The highest BCUT2D eigenvalue weighted by Crippen LogP contribution is 2.38. The number of hydrogen-bond acceptors (Lipinski definition) is 9. The molecule has 1 saturated heterocycles. The molecule has 5 rings (SSSR count). The number of rotatable bonds is 7. The molecule has 1 fully saturated rings. The van der Waals surface area contributed by atoms with E-state index < -0.39 is 0 Å². The van der Waals surface area contributed by atoms with Gasteiger partial charge in [-0.05, 0) is 35.9 Å². The second-order valence-electron chi connectivity index (χ2n) is 7.70. The van der Waals surface area contributed by atoms with Crippen molar-refractivity contribution < 1.29 is 4.79 Å². The maximum Gasteiger partial charge on any atom is 0.231 e. The van der Waals surface area contributed by atoms with Crippen molar-refractivity contribution in [3.8, 4) is 0 Å². The van der Waals surface area contributed by atoms with Crippen molar-refractivity contribution in [2.24, 2.45) is 7.05 Å². The summed E-state index contributed by atoms with van der Waals surface area (Å²) in [4.78, 5) is 20.7. The third-order valence-electron chi connectivity index (χ3n) is 5.31. The van der Waals surface area contributed by atoms with Gasteiger partial charge in [-0.25, -0.2) is 15.8 Å². The number of carbonyl (C=O) groups is 1. The molecule has 9 nitrogen and oxygen atoms in total. The lowest BCUT2D eigenvalue weighted by Gasteiger charge is -2.15. The topological polar surface area (TPSA) is 99.1 Å². The van der Waals surface area contributed by atoms with Gasteiger partial charge in [-0.2, -0.15) is 5.10 Å². The molecule has 4 heterocycles. The van der Waals surface area contributed by atoms with Crippen LogP contribution >= 0.6 is 23.5 Å². The Labute approximate surface area is 200 Å². The molecule has 4 N–H and O–H groups in total. The van der Waals surface area contributed by atoms with E-state index in [2.05, 4.69) is 45.3 Å². The number of carbonyl (C=O) groups excluding carboxylic acids is 1. The van der Waals surface area contributed by atoms with Gasteiger partial charge in [-0.3, -0.25) is 14.8 Å². The third kappa shape index (κ3) is 4.77. The van der Waals surface area contributed by atoms with E-state index >= 15 is 0 Å². The summed E-state index contributed by atoms with van der Waals surface area (Å²) in [6, 6.07) is 12.1. The third-order valence-corrected chi connectivity index (χ3v) is 7.34. The number of thioether (sulfide) groups is 1. The fourth-order valence-corrected chi connectivity index (χ4v) is 5.49. The van der Waals surface area contributed by atoms with E-state index in [-0.39, 0.29) is 11.4 Å². The summed E-state index contributed by atoms with van der Waals surface area (Å²) in [6.45, 7) is 4.94. The summed E-state index contributed by atoms with van der Waals surface area (Å²) in [7, 11) is 3.69. The summed E-state index contributed by atoms with van der Waals surface area (Å²) in [5.41, 5.74) is 9.69. The number of anilines is 2. The van der Waals surface area contributed by atoms with Crippen molar-refractivity contribution in [3.05, 3.63) is 60.4 Å². The molecule has 2 aliphatic rings. The fraction of sp³-hybridized carbons (Fsp3) is 0.227. The second-order valence-corrected chi connectivity index (χ2v) is 9.94. The van der Waals surface area contributed by atoms with Gasteiger partial charge in [0.15, 0.2) is 5.82 Å². The van der Waals surface area contributed by atoms with E-state index in [1.807, 2.05) is 44.6 Å². The summed E-state index contributed by atoms with van der Waals surface area (Å²) in [5.74, 6) is 0.827. The Balaban J connectivity index is 1.43. The normalized spacial score (nSPS) is 17.5. The lowest BCUT2D eigenvalue weighted by Crippen LogP contribution is -2.30. The van der Waals surface area contributed by atoms with E-state index in [0.717, 1.165) is 31.8 Å². The van der Waals surface area contributed by atoms with Crippen LogP contribution < -0.4 is 26.4 Å². The molecule has 2 aliphatic heterocycles. The fourth-order valence-electron chi connectivity index (χ4n) is 3.66. The highest BCUT2D eigenvalue weighted by atomic mass is 32.2. The Morgan fingerprint density at radius 1 is 1.24 bits per heavy atom. The van der Waals surface area contributed by atoms with Gasteiger partial charge in [-0.15, -0.1) is 0 Å². The number of nitrogens with one attached hydrogen (secondary N) is 4. The average molecular weight is 481 g/mol. The Hall–Kier alpha value is -2.83. The van der Waals surface area contributed by atoms with Crippen LogP contribution in [-0.4, -0.2) is 39.9 Å². The number of amides is 1. The lowest BCUT2D eigenvalue weighted by atomic mass is 10.2. The van der Waals surface area contributed by atoms with Crippen LogP contribution in [0.25, 0.3) is 5.70 Å². The zero-order chi connectivity index (χ0) is 22.9. The van der Waals surface area contributed by atoms with Crippen molar-refractivity contribution in [1.29, 1.82) is 0 Å². The standard InChI is InChI=1S/C22H24N8OS2/c1-13(25-18-8-9-29(2)28-18)21-17(6-7-19(26-21)33-22-23-12-24-27-22)32-15-4-5-16-14(10-15)11-20(31)30(16)3/h4-10,22-24,27H,1,11-12H2,2-3H3,(H,25,28). The molecular weight excluding hydrogens is 456 g/mol. The van der Waals surface area contributed by atoms with Gasteiger partial charge < -0.3 is 10.2 Å². The van der Waals surface area contributed by atoms with Crippen molar-refractivity contribution >= 4 is 46.6 Å². The lowest BCUT2D eigenvalue weighted by molar-refractivity contribution is -0.117. The van der Waals surface area contributed by atoms with Gasteiger partial charge in [0.2, 0.25) is 5.91 Å². The summed E-state index contributed by atoms with van der Waals surface area (Å²) >= 11 is 3.19. The SMILES string of the molecule is C=C(Nc1ccn(C)n1)c1nc(SC2NCNN2)ccc1Sc1ccc2c(c1)CC(=O)N2C. The number of benzene rings is 1. The van der Waals surface area contributed by atoms with Crippen LogP contribution in [0.3, 0.4) is 0 Å². The summed E-state index contributed by atoms with van der Waals surface area (Å²) in [5, 5.41) is 11.8. The molecule has 1 aromatic carbocycles. The molecule has 1 amide bonds. The Morgan fingerprint density at radius 3 is 2.88 bits per heavy atom. The van der Waals surface area contributed by atoms with Crippen molar-refractivity contribution in [3.63, 3.8) is 0 Å². The van der Waals surface area contributed by atoms with Gasteiger partial charge in [0.25, 0.3) is 0 Å². The highest BCUT2D eigenvalue weighted by molar-refractivity contribution is 8.00. The highest BCUT2D eigenvalue weighted by Gasteiger charge is 2.24. The maximum atomic E-state index is 12.1. The van der Waals surface area contributed by atoms with Gasteiger partial charge in [0.1, 0.15) is 11.2 Å². The first kappa shape index (κ1) is 22.0. The van der Waals surface area contributed by atoms with Crippen LogP contribution in [0.2, 0.25) is 0 Å². The first-order valence-corrected chi connectivity index (χ1v) is 12.1. The molecular formula is C22H24N8OS2. The van der Waals surface area contributed by atoms with Crippen molar-refractivity contribution in [1.82, 2.24) is 30.9 Å². The number of pyridine rings is 1. The van der Waals surface area contributed by atoms with Gasteiger partial charge in [-0.1, -0.05) is 30.1 Å². The minimum Gasteiger partial charge on any atom is -0.337 e. The minimum atomic E-state index is 0.0344. The monoisotopic (exact) mass is 480 g/mol. The smallest absolute Gasteiger partial charge is 0.231 e. The van der Waals surface area contributed by atoms with Gasteiger partial charge in [0, 0.05) is 41.8 Å². The number of aromatic nitrogens is 3. The molecule has 11 heteroatoms. The zero-order valence-corrected chi connectivity index (χ0v) is 19.9. The number of fused-ring (bicyclic) bond motifs is 1. The number of aryl methyl sites for hydroxylation is 1. The van der Waals surface area contributed by atoms with E-state index in [4.69, 9.17) is 4.98 Å². The minimum absolute atomic E-state index is 0.0344. The molecule has 2 aromatic heterocycles. The van der Waals surface area contributed by atoms with Gasteiger partial charge >= 0.3 is 0 Å². The largest absolute Gasteiger partial charge is 0.337 e. The zero-order valence-electron chi connectivity index (χ0n) is 18.3. The number of nitrogens with zero attached hydrogens (tertiary/aromatic N) is 4. The van der Waals surface area contributed by atoms with E-state index in [0.29, 0.717) is 24.6 Å². The first-order valence-electron chi connectivity index (χ1n) is 10.4. The van der Waals surface area contributed by atoms with Crippen LogP contribution in [0, 0.1) is 0 Å². The number of hydrogen-bond donors (Lipinski definition) is 4. The van der Waals surface area contributed by atoms with Crippen molar-refractivity contribution in [2.75, 3.05) is 23.9 Å². The number of hydrazine groups is 1. The van der Waals surface area contributed by atoms with Crippen LogP contribution in [0.1, 0.15) is 11.3 Å². The molecule has 0 radical (unpaired) electrons. The van der Waals surface area contributed by atoms with E-state index in [1.54, 1.807) is 33.1 Å². The Kier molecular flexibility index (Phi) is 6.13. The van der Waals surface area contributed by atoms with Crippen molar-refractivity contribution in [2.45, 2.75) is 26.7 Å². The summed E-state index contributed by atoms with van der Waals surface area (Å²) in [6.07, 6.45) is 2.31. The number of likely N-dealkylation sites (N-methyl/N-ethyl adjacent to an activating group) is 1. The molecule has 0 bridgehead atoms. The second kappa shape index (κ2) is 9.20. The molecule has 0 spiro atoms. The maximum absolute atomic E-state index is 12.1. The van der Waals surface area contributed by atoms with Crippen LogP contribution in [0.15, 0.2) is 64.0 Å². The van der Waals surface area contributed by atoms with E-state index in [9.17, 15) is 4.79 Å². The quantitative estimate of drug-likeness (QED) is 0.407. The van der Waals surface area contributed by atoms with E-state index in [1.165, 1.54) is 0 Å². The molecule has 3 aromatic rings. The summed E-state index contributed by atoms with van der Waals surface area (Å²) < 4.78 is 1.73. The molecule has 170 valence electrons. The average Bonchev–Trinajstić information content (AvgIpc) is 3.51. The van der Waals surface area contributed by atoms with Gasteiger partial charge in [0.05, 0.1) is 23.8 Å². The first-order chi connectivity index (χ1) is 16.0. The molecule has 33 heavy (non-hydrogen) atoms. The van der Waals surface area contributed by atoms with Crippen LogP contribution in [-0.2, 0) is 18.3 Å².